The van der Waals surface area contributed by atoms with Crippen LogP contribution in [0.15, 0.2) is 48.5 Å². The molecule has 1 fully saturated rings. The van der Waals surface area contributed by atoms with Crippen molar-refractivity contribution in [2.45, 2.75) is 12.6 Å². The number of rotatable bonds is 4. The van der Waals surface area contributed by atoms with E-state index >= 15 is 0 Å². The highest BCUT2D eigenvalue weighted by atomic mass is 35.5. The highest BCUT2D eigenvalue weighted by Gasteiger charge is 2.24. The number of hydrogen-bond acceptors (Lipinski definition) is 4. The Hall–Kier alpha value is -2.02. The monoisotopic (exact) mass is 351 g/mol. The predicted molar refractivity (Wildman–Crippen MR) is 92.8 cm³/mol. The highest BCUT2D eigenvalue weighted by molar-refractivity contribution is 5.85. The fraction of sp³-hybridized carbons (Fsp3) is 0.294. The first-order valence-electron chi connectivity index (χ1n) is 7.57. The fourth-order valence-corrected chi connectivity index (χ4v) is 2.94. The van der Waals surface area contributed by atoms with E-state index in [1.54, 1.807) is 24.3 Å². The van der Waals surface area contributed by atoms with Gasteiger partial charge >= 0.3 is 0 Å². The maximum absolute atomic E-state index is 13.5. The molecule has 0 amide bonds. The molecule has 0 spiro atoms. The smallest absolute Gasteiger partial charge is 0.269 e. The average molecular weight is 352 g/mol. The number of non-ortho nitro benzene ring substituents is 1. The van der Waals surface area contributed by atoms with Crippen molar-refractivity contribution >= 4 is 18.1 Å². The molecule has 1 unspecified atom stereocenters. The van der Waals surface area contributed by atoms with Gasteiger partial charge in [-0.1, -0.05) is 24.3 Å². The SMILES string of the molecule is Cl.O=[N+]([O-])c1ccc(CN2CCNCC2c2cccc(F)c2)cc1. The minimum atomic E-state index is -0.399. The number of nitro benzene ring substituents is 1. The number of hydrogen-bond donors (Lipinski definition) is 1. The van der Waals surface area contributed by atoms with Gasteiger partial charge in [-0.2, -0.15) is 0 Å². The normalized spacial score (nSPS) is 18.0. The summed E-state index contributed by atoms with van der Waals surface area (Å²) in [7, 11) is 0. The Labute approximate surface area is 146 Å². The number of nitro groups is 1. The fourth-order valence-electron chi connectivity index (χ4n) is 2.94. The van der Waals surface area contributed by atoms with Gasteiger partial charge in [0.2, 0.25) is 0 Å². The van der Waals surface area contributed by atoms with Gasteiger partial charge in [-0.25, -0.2) is 4.39 Å². The molecule has 128 valence electrons. The number of benzene rings is 2. The van der Waals surface area contributed by atoms with Gasteiger partial charge in [0.1, 0.15) is 5.82 Å². The van der Waals surface area contributed by atoms with E-state index in [1.165, 1.54) is 18.2 Å². The van der Waals surface area contributed by atoms with Gasteiger partial charge in [-0.05, 0) is 23.3 Å². The summed E-state index contributed by atoms with van der Waals surface area (Å²) in [6, 6.07) is 13.4. The number of nitrogens with one attached hydrogen (secondary N) is 1. The summed E-state index contributed by atoms with van der Waals surface area (Å²) in [4.78, 5) is 12.6. The lowest BCUT2D eigenvalue weighted by molar-refractivity contribution is -0.384. The molecule has 0 aliphatic carbocycles. The third kappa shape index (κ3) is 4.29. The van der Waals surface area contributed by atoms with Crippen molar-refractivity contribution in [3.8, 4) is 0 Å². The van der Waals surface area contributed by atoms with Crippen LogP contribution in [0.5, 0.6) is 0 Å². The van der Waals surface area contributed by atoms with Gasteiger partial charge in [0.05, 0.1) is 4.92 Å². The molecule has 1 N–H and O–H groups in total. The van der Waals surface area contributed by atoms with Crippen LogP contribution in [-0.2, 0) is 6.54 Å². The van der Waals surface area contributed by atoms with Crippen molar-refractivity contribution in [2.24, 2.45) is 0 Å². The zero-order valence-corrected chi connectivity index (χ0v) is 13.8. The lowest BCUT2D eigenvalue weighted by Crippen LogP contribution is -2.45. The maximum atomic E-state index is 13.5. The third-order valence-corrected chi connectivity index (χ3v) is 4.12. The van der Waals surface area contributed by atoms with Crippen LogP contribution in [0.2, 0.25) is 0 Å². The largest absolute Gasteiger partial charge is 0.314 e. The Morgan fingerprint density at radius 1 is 1.25 bits per heavy atom. The summed E-state index contributed by atoms with van der Waals surface area (Å²) >= 11 is 0. The van der Waals surface area contributed by atoms with E-state index in [0.29, 0.717) is 6.54 Å². The van der Waals surface area contributed by atoms with Crippen LogP contribution < -0.4 is 5.32 Å². The van der Waals surface area contributed by atoms with Gasteiger partial charge < -0.3 is 5.32 Å². The molecular formula is C17H19ClFN3O2. The Balaban J connectivity index is 0.00000208. The van der Waals surface area contributed by atoms with E-state index in [9.17, 15) is 14.5 Å². The topological polar surface area (TPSA) is 58.4 Å². The summed E-state index contributed by atoms with van der Waals surface area (Å²) in [5.74, 6) is -0.233. The summed E-state index contributed by atoms with van der Waals surface area (Å²) in [5.41, 5.74) is 2.05. The zero-order chi connectivity index (χ0) is 16.2. The van der Waals surface area contributed by atoms with Crippen molar-refractivity contribution in [1.82, 2.24) is 10.2 Å². The number of halogens is 2. The minimum absolute atomic E-state index is 0. The second-order valence-corrected chi connectivity index (χ2v) is 5.67. The summed E-state index contributed by atoms with van der Waals surface area (Å²) in [6.45, 7) is 3.16. The Kier molecular flexibility index (Phi) is 6.25. The first kappa shape index (κ1) is 18.3. The number of nitrogens with zero attached hydrogens (tertiary/aromatic N) is 2. The average Bonchev–Trinajstić information content (AvgIpc) is 2.56. The Morgan fingerprint density at radius 3 is 2.67 bits per heavy atom. The van der Waals surface area contributed by atoms with Crippen LogP contribution in [0.1, 0.15) is 17.2 Å². The summed E-state index contributed by atoms with van der Waals surface area (Å²) < 4.78 is 13.5. The predicted octanol–water partition coefficient (Wildman–Crippen LogP) is 3.30. The molecule has 2 aromatic rings. The van der Waals surface area contributed by atoms with Gasteiger partial charge in [-0.15, -0.1) is 12.4 Å². The van der Waals surface area contributed by atoms with Gasteiger partial charge in [0.15, 0.2) is 0 Å². The van der Waals surface area contributed by atoms with Crippen molar-refractivity contribution in [2.75, 3.05) is 19.6 Å². The van der Waals surface area contributed by atoms with Gasteiger partial charge in [0.25, 0.3) is 5.69 Å². The molecule has 1 atom stereocenters. The molecule has 24 heavy (non-hydrogen) atoms. The third-order valence-electron chi connectivity index (χ3n) is 4.12. The first-order chi connectivity index (χ1) is 11.1. The van der Waals surface area contributed by atoms with Crippen molar-refractivity contribution in [3.63, 3.8) is 0 Å². The molecule has 3 rings (SSSR count). The molecule has 0 radical (unpaired) electrons. The van der Waals surface area contributed by atoms with E-state index in [1.807, 2.05) is 6.07 Å². The molecule has 1 aliphatic rings. The molecule has 2 aromatic carbocycles. The van der Waals surface area contributed by atoms with Crippen LogP contribution in [0.25, 0.3) is 0 Å². The molecule has 5 nitrogen and oxygen atoms in total. The molecular weight excluding hydrogens is 333 g/mol. The standard InChI is InChI=1S/C17H18FN3O2.ClH/c18-15-3-1-2-14(10-15)17-11-19-8-9-20(17)12-13-4-6-16(7-5-13)21(22)23;/h1-7,10,17,19H,8-9,11-12H2;1H. The van der Waals surface area contributed by atoms with E-state index in [2.05, 4.69) is 10.2 Å². The van der Waals surface area contributed by atoms with Crippen LogP contribution >= 0.6 is 12.4 Å². The van der Waals surface area contributed by atoms with E-state index in [4.69, 9.17) is 0 Å². The van der Waals surface area contributed by atoms with Crippen LogP contribution in [0.3, 0.4) is 0 Å². The number of piperazine rings is 1. The summed E-state index contributed by atoms with van der Waals surface area (Å²) in [6.07, 6.45) is 0. The molecule has 7 heteroatoms. The molecule has 0 bridgehead atoms. The van der Waals surface area contributed by atoms with E-state index in [0.717, 1.165) is 30.8 Å². The van der Waals surface area contributed by atoms with Crippen molar-refractivity contribution in [3.05, 3.63) is 75.6 Å². The summed E-state index contributed by atoms with van der Waals surface area (Å²) in [5, 5.41) is 14.1. The highest BCUT2D eigenvalue weighted by Crippen LogP contribution is 2.25. The molecule has 0 aromatic heterocycles. The second-order valence-electron chi connectivity index (χ2n) is 5.67. The Bertz CT molecular complexity index is 696. The molecule has 1 heterocycles. The van der Waals surface area contributed by atoms with Crippen molar-refractivity contribution in [1.29, 1.82) is 0 Å². The van der Waals surface area contributed by atoms with E-state index in [-0.39, 0.29) is 30.0 Å². The molecule has 1 saturated heterocycles. The van der Waals surface area contributed by atoms with Crippen molar-refractivity contribution < 1.29 is 9.31 Å². The van der Waals surface area contributed by atoms with Crippen LogP contribution in [0.4, 0.5) is 10.1 Å². The zero-order valence-electron chi connectivity index (χ0n) is 13.0. The minimum Gasteiger partial charge on any atom is -0.314 e. The lowest BCUT2D eigenvalue weighted by Gasteiger charge is -2.36. The lowest BCUT2D eigenvalue weighted by atomic mass is 10.0. The Morgan fingerprint density at radius 2 is 2.00 bits per heavy atom. The quantitative estimate of drug-likeness (QED) is 0.678. The molecule has 0 saturated carbocycles. The maximum Gasteiger partial charge on any atom is 0.269 e. The van der Waals surface area contributed by atoms with Gasteiger partial charge in [-0.3, -0.25) is 15.0 Å². The van der Waals surface area contributed by atoms with E-state index < -0.39 is 4.92 Å². The first-order valence-corrected chi connectivity index (χ1v) is 7.57. The second kappa shape index (κ2) is 8.19. The van der Waals surface area contributed by atoms with Crippen LogP contribution in [-0.4, -0.2) is 29.5 Å². The van der Waals surface area contributed by atoms with Crippen LogP contribution in [0, 0.1) is 15.9 Å². The van der Waals surface area contributed by atoms with Gasteiger partial charge in [0, 0.05) is 44.4 Å². The molecule has 1 aliphatic heterocycles.